The molecule has 1 unspecified atom stereocenters. The fourth-order valence-corrected chi connectivity index (χ4v) is 2.57. The number of nitrogens with zero attached hydrogens (tertiary/aromatic N) is 2. The summed E-state index contributed by atoms with van der Waals surface area (Å²) < 4.78 is 0. The molecule has 0 bridgehead atoms. The van der Waals surface area contributed by atoms with Gasteiger partial charge >= 0.3 is 0 Å². The molecule has 1 atom stereocenters. The Morgan fingerprint density at radius 1 is 1.59 bits per heavy atom. The van der Waals surface area contributed by atoms with E-state index in [1.165, 1.54) is 0 Å². The molecule has 1 aliphatic heterocycles. The molecule has 1 aromatic rings. The molecule has 4 nitrogen and oxygen atoms in total. The molecule has 1 aromatic carbocycles. The number of nitro groups is 1. The Hall–Kier alpha value is -1.10. The Balaban J connectivity index is 2.35. The first-order valence-electron chi connectivity index (χ1n) is 5.70. The van der Waals surface area contributed by atoms with Crippen molar-refractivity contribution < 1.29 is 4.92 Å². The molecule has 1 saturated heterocycles. The average Bonchev–Trinajstić information content (AvgIpc) is 2.75. The van der Waals surface area contributed by atoms with Gasteiger partial charge in [0.25, 0.3) is 5.69 Å². The van der Waals surface area contributed by atoms with Crippen molar-refractivity contribution in [3.8, 4) is 0 Å². The van der Waals surface area contributed by atoms with Gasteiger partial charge in [-0.25, -0.2) is 0 Å². The van der Waals surface area contributed by atoms with Crippen LogP contribution in [0.1, 0.15) is 18.9 Å². The van der Waals surface area contributed by atoms with E-state index < -0.39 is 0 Å². The fraction of sp³-hybridized carbons (Fsp3) is 0.500. The lowest BCUT2D eigenvalue weighted by Gasteiger charge is -2.18. The Kier molecular flexibility index (Phi) is 3.66. The zero-order valence-corrected chi connectivity index (χ0v) is 11.3. The van der Waals surface area contributed by atoms with Gasteiger partial charge in [-0.2, -0.15) is 0 Å². The highest BCUT2D eigenvalue weighted by molar-refractivity contribution is 9.08. The Morgan fingerprint density at radius 3 is 2.88 bits per heavy atom. The van der Waals surface area contributed by atoms with E-state index in [1.807, 2.05) is 12.1 Å². The van der Waals surface area contributed by atoms with Crippen LogP contribution >= 0.6 is 15.9 Å². The molecule has 92 valence electrons. The van der Waals surface area contributed by atoms with E-state index in [0.29, 0.717) is 11.2 Å². The molecule has 0 saturated carbocycles. The van der Waals surface area contributed by atoms with Gasteiger partial charge in [0.15, 0.2) is 0 Å². The minimum absolute atomic E-state index is 0.219. The third-order valence-corrected chi connectivity index (χ3v) is 3.80. The highest BCUT2D eigenvalue weighted by Gasteiger charge is 2.25. The fourth-order valence-electron chi connectivity index (χ4n) is 2.22. The maximum Gasteiger partial charge on any atom is 0.292 e. The first kappa shape index (κ1) is 12.4. The highest BCUT2D eigenvalue weighted by atomic mass is 79.9. The zero-order valence-electron chi connectivity index (χ0n) is 9.73. The van der Waals surface area contributed by atoms with E-state index in [0.717, 1.165) is 30.8 Å². The summed E-state index contributed by atoms with van der Waals surface area (Å²) in [5.74, 6) is 0.616. The number of alkyl halides is 1. The standard InChI is InChI=1S/C12H15BrN2O2/c1-9-4-5-14(8-9)11-3-2-10(7-13)6-12(11)15(16)17/h2-3,6,9H,4-5,7-8H2,1H3. The van der Waals surface area contributed by atoms with E-state index in [1.54, 1.807) is 6.07 Å². The van der Waals surface area contributed by atoms with Crippen LogP contribution in [0.3, 0.4) is 0 Å². The summed E-state index contributed by atoms with van der Waals surface area (Å²) in [4.78, 5) is 12.9. The van der Waals surface area contributed by atoms with Gasteiger partial charge in [0.2, 0.25) is 0 Å². The zero-order chi connectivity index (χ0) is 12.4. The third kappa shape index (κ3) is 2.60. The number of anilines is 1. The molecule has 1 aliphatic rings. The van der Waals surface area contributed by atoms with Crippen molar-refractivity contribution in [3.05, 3.63) is 33.9 Å². The number of nitro benzene ring substituents is 1. The van der Waals surface area contributed by atoms with E-state index in [4.69, 9.17) is 0 Å². The molecule has 1 fully saturated rings. The quantitative estimate of drug-likeness (QED) is 0.488. The highest BCUT2D eigenvalue weighted by Crippen LogP contribution is 2.33. The van der Waals surface area contributed by atoms with Crippen molar-refractivity contribution in [1.82, 2.24) is 0 Å². The maximum absolute atomic E-state index is 11.1. The van der Waals surface area contributed by atoms with Gasteiger partial charge in [-0.1, -0.05) is 28.9 Å². The average molecular weight is 299 g/mol. The van der Waals surface area contributed by atoms with Crippen molar-refractivity contribution in [2.75, 3.05) is 18.0 Å². The molecular weight excluding hydrogens is 284 g/mol. The first-order valence-corrected chi connectivity index (χ1v) is 6.82. The van der Waals surface area contributed by atoms with Crippen molar-refractivity contribution in [3.63, 3.8) is 0 Å². The Bertz CT molecular complexity index is 437. The van der Waals surface area contributed by atoms with Crippen LogP contribution in [0.25, 0.3) is 0 Å². The molecular formula is C12H15BrN2O2. The SMILES string of the molecule is CC1CCN(c2ccc(CBr)cc2[N+](=O)[O-])C1. The molecule has 2 rings (SSSR count). The van der Waals surface area contributed by atoms with Crippen LogP contribution in [0.4, 0.5) is 11.4 Å². The van der Waals surface area contributed by atoms with Gasteiger partial charge in [-0.3, -0.25) is 10.1 Å². The predicted molar refractivity (Wildman–Crippen MR) is 71.7 cm³/mol. The van der Waals surface area contributed by atoms with Crippen LogP contribution < -0.4 is 4.90 Å². The number of hydrogen-bond acceptors (Lipinski definition) is 3. The van der Waals surface area contributed by atoms with Crippen LogP contribution in [0.15, 0.2) is 18.2 Å². The Labute approximate surface area is 109 Å². The lowest BCUT2D eigenvalue weighted by molar-refractivity contribution is -0.384. The van der Waals surface area contributed by atoms with E-state index in [2.05, 4.69) is 27.8 Å². The molecule has 0 amide bonds. The molecule has 0 aliphatic carbocycles. The van der Waals surface area contributed by atoms with Gasteiger partial charge in [0.1, 0.15) is 5.69 Å². The lowest BCUT2D eigenvalue weighted by Crippen LogP contribution is -2.20. The monoisotopic (exact) mass is 298 g/mol. The van der Waals surface area contributed by atoms with Gasteiger partial charge in [-0.15, -0.1) is 0 Å². The molecule has 0 radical (unpaired) electrons. The maximum atomic E-state index is 11.1. The van der Waals surface area contributed by atoms with Gasteiger partial charge < -0.3 is 4.90 Å². The number of rotatable bonds is 3. The second-order valence-corrected chi connectivity index (χ2v) is 5.11. The number of hydrogen-bond donors (Lipinski definition) is 0. The van der Waals surface area contributed by atoms with Crippen LogP contribution in [0.5, 0.6) is 0 Å². The number of benzene rings is 1. The minimum Gasteiger partial charge on any atom is -0.366 e. The topological polar surface area (TPSA) is 46.4 Å². The summed E-state index contributed by atoms with van der Waals surface area (Å²) in [6, 6.07) is 5.47. The second-order valence-electron chi connectivity index (χ2n) is 4.55. The van der Waals surface area contributed by atoms with E-state index >= 15 is 0 Å². The predicted octanol–water partition coefficient (Wildman–Crippen LogP) is 3.34. The molecule has 0 N–H and O–H groups in total. The first-order chi connectivity index (χ1) is 8.11. The van der Waals surface area contributed by atoms with Crippen LogP contribution in [0.2, 0.25) is 0 Å². The van der Waals surface area contributed by atoms with Gasteiger partial charge in [-0.05, 0) is 24.0 Å². The van der Waals surface area contributed by atoms with E-state index in [-0.39, 0.29) is 10.6 Å². The smallest absolute Gasteiger partial charge is 0.292 e. The van der Waals surface area contributed by atoms with Crippen molar-refractivity contribution >= 4 is 27.3 Å². The summed E-state index contributed by atoms with van der Waals surface area (Å²) in [5.41, 5.74) is 1.91. The summed E-state index contributed by atoms with van der Waals surface area (Å²) in [5, 5.41) is 11.7. The van der Waals surface area contributed by atoms with Crippen molar-refractivity contribution in [2.24, 2.45) is 5.92 Å². The number of halogens is 1. The Morgan fingerprint density at radius 2 is 2.35 bits per heavy atom. The second kappa shape index (κ2) is 5.04. The van der Waals surface area contributed by atoms with Crippen LogP contribution in [0, 0.1) is 16.0 Å². The summed E-state index contributed by atoms with van der Waals surface area (Å²) in [6.45, 7) is 4.00. The molecule has 17 heavy (non-hydrogen) atoms. The lowest BCUT2D eigenvalue weighted by atomic mass is 10.1. The normalized spacial score (nSPS) is 19.6. The summed E-state index contributed by atoms with van der Waals surface area (Å²) >= 11 is 3.32. The van der Waals surface area contributed by atoms with E-state index in [9.17, 15) is 10.1 Å². The largest absolute Gasteiger partial charge is 0.366 e. The third-order valence-electron chi connectivity index (χ3n) is 3.16. The van der Waals surface area contributed by atoms with Crippen molar-refractivity contribution in [1.29, 1.82) is 0 Å². The molecule has 0 aromatic heterocycles. The van der Waals surface area contributed by atoms with Gasteiger partial charge in [0.05, 0.1) is 4.92 Å². The van der Waals surface area contributed by atoms with Gasteiger partial charge in [0, 0.05) is 24.5 Å². The summed E-state index contributed by atoms with van der Waals surface area (Å²) in [6.07, 6.45) is 1.11. The molecule has 5 heteroatoms. The minimum atomic E-state index is -0.287. The van der Waals surface area contributed by atoms with Crippen LogP contribution in [-0.4, -0.2) is 18.0 Å². The molecule has 0 spiro atoms. The summed E-state index contributed by atoms with van der Waals surface area (Å²) in [7, 11) is 0. The van der Waals surface area contributed by atoms with Crippen LogP contribution in [-0.2, 0) is 5.33 Å². The molecule has 1 heterocycles. The van der Waals surface area contributed by atoms with Crippen molar-refractivity contribution in [2.45, 2.75) is 18.7 Å².